The molecule has 0 N–H and O–H groups in total. The van der Waals surface area contributed by atoms with Crippen molar-refractivity contribution < 1.29 is 9.47 Å². The minimum atomic E-state index is 0.357. The molecule has 2 atom stereocenters. The molecule has 0 amide bonds. The summed E-state index contributed by atoms with van der Waals surface area (Å²) in [5.41, 5.74) is 14.2. The van der Waals surface area contributed by atoms with Gasteiger partial charge in [-0.2, -0.15) is 45.9 Å². The quantitative estimate of drug-likeness (QED) is 0.0491. The largest absolute Gasteiger partial charge is 0.380 e. The van der Waals surface area contributed by atoms with Gasteiger partial charge in [0.25, 0.3) is 0 Å². The van der Waals surface area contributed by atoms with Crippen molar-refractivity contribution in [3.63, 3.8) is 0 Å². The maximum absolute atomic E-state index is 5.47. The number of hydrogen-bond acceptors (Lipinski definition) is 17. The van der Waals surface area contributed by atoms with Crippen LogP contribution < -0.4 is 0 Å². The fourth-order valence-corrected chi connectivity index (χ4v) is 13.8. The lowest BCUT2D eigenvalue weighted by atomic mass is 10.1. The molecule has 0 spiro atoms. The molecule has 0 aliphatic carbocycles. The molecule has 510 valence electrons. The summed E-state index contributed by atoms with van der Waals surface area (Å²) in [6, 6.07) is 7.19. The van der Waals surface area contributed by atoms with Gasteiger partial charge in [-0.25, -0.2) is 28.5 Å². The van der Waals surface area contributed by atoms with Crippen LogP contribution >= 0.6 is 0 Å². The molecule has 0 unspecified atom stereocenters. The summed E-state index contributed by atoms with van der Waals surface area (Å²) in [6.07, 6.45) is 47.2. The molecule has 26 heteroatoms. The maximum Gasteiger partial charge on any atom is 0.0999 e. The zero-order valence-electron chi connectivity index (χ0n) is 57.6. The number of nitrogens with zero attached hydrogens (tertiary/aromatic N) is 24. The maximum atomic E-state index is 5.47. The third-order valence-corrected chi connectivity index (χ3v) is 19.8. The summed E-state index contributed by atoms with van der Waals surface area (Å²) < 4.78 is 28.8. The highest BCUT2D eigenvalue weighted by atomic mass is 16.5. The van der Waals surface area contributed by atoms with E-state index in [2.05, 4.69) is 153 Å². The van der Waals surface area contributed by atoms with Gasteiger partial charge in [0.15, 0.2) is 0 Å². The summed E-state index contributed by atoms with van der Waals surface area (Å²) in [5, 5.41) is 41.0. The minimum Gasteiger partial charge on any atom is -0.380 e. The van der Waals surface area contributed by atoms with Crippen molar-refractivity contribution >= 4 is 16.6 Å². The van der Waals surface area contributed by atoms with Crippen LogP contribution in [0.4, 0.5) is 0 Å². The van der Waals surface area contributed by atoms with Gasteiger partial charge in [-0.05, 0) is 95.5 Å². The predicted octanol–water partition coefficient (Wildman–Crippen LogP) is 11.0. The first-order chi connectivity index (χ1) is 47.6. The molecule has 97 heavy (non-hydrogen) atoms. The van der Waals surface area contributed by atoms with Crippen molar-refractivity contribution in [2.75, 3.05) is 73.1 Å². The average Bonchev–Trinajstić information content (AvgIpc) is 1.68. The van der Waals surface area contributed by atoms with Crippen molar-refractivity contribution in [1.29, 1.82) is 0 Å². The van der Waals surface area contributed by atoms with Crippen LogP contribution in [0.1, 0.15) is 124 Å². The second-order valence-corrected chi connectivity index (χ2v) is 25.9. The Kier molecular flexibility index (Phi) is 21.2. The second kappa shape index (κ2) is 31.0. The molecule has 3 saturated heterocycles. The average molecular weight is 1320 g/mol. The van der Waals surface area contributed by atoms with Crippen LogP contribution in [0.15, 0.2) is 130 Å². The Morgan fingerprint density at radius 3 is 0.990 bits per heavy atom. The van der Waals surface area contributed by atoms with Crippen LogP contribution in [0, 0.1) is 0 Å². The molecule has 0 bridgehead atoms. The Balaban J connectivity index is 0.000000131. The van der Waals surface area contributed by atoms with Gasteiger partial charge in [0.1, 0.15) is 0 Å². The zero-order chi connectivity index (χ0) is 66.8. The summed E-state index contributed by atoms with van der Waals surface area (Å²) in [7, 11) is 3.59. The van der Waals surface area contributed by atoms with Crippen molar-refractivity contribution in [2.24, 2.45) is 0 Å². The lowest BCUT2D eigenvalue weighted by molar-refractivity contribution is 0.107. The Hall–Kier alpha value is -9.08. The highest BCUT2D eigenvalue weighted by Crippen LogP contribution is 2.32. The standard InChI is InChI=1S/2C24H32N8O.C23H30N8/c2*1-4-20(5-2)31-15-19(13-27-31)24-23-6-8-25-32(23)17-22(28-24)18-12-26-30(14-18)11-10-29-9-7-21(16-29)33-3;1-3-20(4-2)30-16-19(14-26-30)23-22-7-8-24-31(22)17-21(27-23)18-13-25-29(15-18)12-11-28-9-5-6-10-28/h2*6,8,12-15,17,20-21H,4-5,7,9-11,16H2,1-3H3;7-8,13-17,20H,3-6,9-12H2,1-2H3/t2*21-;/m10./s1. The van der Waals surface area contributed by atoms with Crippen LogP contribution in [0.3, 0.4) is 0 Å². The monoisotopic (exact) mass is 1310 g/mol. The lowest BCUT2D eigenvalue weighted by Gasteiger charge is -2.15. The Bertz CT molecular complexity index is 4250. The fraction of sp³-hybridized carbons (Fsp3) is 0.493. The normalized spacial score (nSPS) is 16.4. The number of methoxy groups -OCH3 is 2. The molecule has 15 rings (SSSR count). The van der Waals surface area contributed by atoms with Gasteiger partial charge in [0.05, 0.1) is 175 Å². The molecule has 3 fully saturated rings. The topological polar surface area (TPSA) is 226 Å². The first-order valence-corrected chi connectivity index (χ1v) is 35.1. The number of hydrogen-bond donors (Lipinski definition) is 0. The highest BCUT2D eigenvalue weighted by molar-refractivity contribution is 5.80. The molecule has 3 aliphatic heterocycles. The van der Waals surface area contributed by atoms with Gasteiger partial charge in [-0.3, -0.25) is 37.9 Å². The summed E-state index contributed by atoms with van der Waals surface area (Å²) >= 11 is 0. The third-order valence-electron chi connectivity index (χ3n) is 19.8. The van der Waals surface area contributed by atoms with E-state index in [9.17, 15) is 0 Å². The molecule has 12 aromatic rings. The Labute approximate surface area is 566 Å². The Morgan fingerprint density at radius 2 is 0.680 bits per heavy atom. The summed E-state index contributed by atoms with van der Waals surface area (Å²) in [6.45, 7) is 25.3. The molecular weight excluding hydrogens is 1220 g/mol. The summed E-state index contributed by atoms with van der Waals surface area (Å²) in [5.74, 6) is 0. The number of ether oxygens (including phenoxy) is 2. The van der Waals surface area contributed by atoms with Gasteiger partial charge < -0.3 is 14.4 Å². The van der Waals surface area contributed by atoms with Gasteiger partial charge >= 0.3 is 0 Å². The molecule has 0 aromatic carbocycles. The SMILES string of the molecule is CCC(CC)n1cc(-c2nc(-c3cnn(CCN4CCCC4)c3)cn3nccc23)cn1.CCC(CC)n1cc(-c2nc(-c3cnn(CCN4CC[C@@H](OC)C4)c3)cn3nccc23)cn1.CCC(CC)n1cc(-c2nc(-c3cnn(CCN4CC[C@H](OC)C4)c3)cn3nccc23)cn1. The van der Waals surface area contributed by atoms with Gasteiger partial charge in [-0.1, -0.05) is 41.5 Å². The van der Waals surface area contributed by atoms with E-state index in [0.29, 0.717) is 30.3 Å². The van der Waals surface area contributed by atoms with Crippen molar-refractivity contribution in [1.82, 2.24) is 117 Å². The van der Waals surface area contributed by atoms with Crippen LogP contribution in [0.2, 0.25) is 0 Å². The molecule has 3 aliphatic rings. The second-order valence-electron chi connectivity index (χ2n) is 25.9. The molecular formula is C71H94N24O2. The van der Waals surface area contributed by atoms with Crippen molar-refractivity contribution in [3.05, 3.63) is 130 Å². The molecule has 12 aromatic heterocycles. The molecule has 0 saturated carbocycles. The first kappa shape index (κ1) is 66.5. The van der Waals surface area contributed by atoms with Gasteiger partial charge in [0, 0.05) is 131 Å². The number of likely N-dealkylation sites (tertiary alicyclic amines) is 3. The van der Waals surface area contributed by atoms with Crippen LogP contribution in [0.25, 0.3) is 84.1 Å². The van der Waals surface area contributed by atoms with Crippen LogP contribution in [0.5, 0.6) is 0 Å². The van der Waals surface area contributed by atoms with E-state index >= 15 is 0 Å². The summed E-state index contributed by atoms with van der Waals surface area (Å²) in [4.78, 5) is 22.4. The van der Waals surface area contributed by atoms with Gasteiger partial charge in [-0.15, -0.1) is 0 Å². The van der Waals surface area contributed by atoms with E-state index in [-0.39, 0.29) is 0 Å². The third kappa shape index (κ3) is 15.2. The fourth-order valence-electron chi connectivity index (χ4n) is 13.8. The number of aromatic nitrogens is 21. The highest BCUT2D eigenvalue weighted by Gasteiger charge is 2.25. The van der Waals surface area contributed by atoms with E-state index < -0.39 is 0 Å². The Morgan fingerprint density at radius 1 is 0.361 bits per heavy atom. The zero-order valence-corrected chi connectivity index (χ0v) is 57.6. The van der Waals surface area contributed by atoms with E-state index in [0.717, 1.165) is 201 Å². The number of fused-ring (bicyclic) bond motifs is 3. The van der Waals surface area contributed by atoms with Crippen LogP contribution in [-0.4, -0.2) is 203 Å². The molecule has 15 heterocycles. The molecule has 26 nitrogen and oxygen atoms in total. The van der Waals surface area contributed by atoms with E-state index in [1.165, 1.54) is 25.9 Å². The number of rotatable bonds is 26. The van der Waals surface area contributed by atoms with E-state index in [1.807, 2.05) is 120 Å². The lowest BCUT2D eigenvalue weighted by Crippen LogP contribution is -2.26. The minimum absolute atomic E-state index is 0.357. The van der Waals surface area contributed by atoms with Crippen LogP contribution in [-0.2, 0) is 29.1 Å². The smallest absolute Gasteiger partial charge is 0.0999 e. The van der Waals surface area contributed by atoms with Gasteiger partial charge in [0.2, 0.25) is 0 Å². The molecule has 0 radical (unpaired) electrons. The van der Waals surface area contributed by atoms with E-state index in [4.69, 9.17) is 24.4 Å². The first-order valence-electron chi connectivity index (χ1n) is 35.1. The predicted molar refractivity (Wildman–Crippen MR) is 375 cm³/mol. The van der Waals surface area contributed by atoms with Crippen molar-refractivity contribution in [3.8, 4) is 67.5 Å². The van der Waals surface area contributed by atoms with E-state index in [1.54, 1.807) is 14.2 Å². The van der Waals surface area contributed by atoms with Crippen molar-refractivity contribution in [2.45, 2.75) is 156 Å².